The van der Waals surface area contributed by atoms with E-state index in [-0.39, 0.29) is 24.1 Å². The molecule has 3 aromatic rings. The molecule has 4 rings (SSSR count). The van der Waals surface area contributed by atoms with E-state index in [1.807, 2.05) is 30.3 Å². The zero-order valence-electron chi connectivity index (χ0n) is 16.0. The molecule has 0 bridgehead atoms. The lowest BCUT2D eigenvalue weighted by Crippen LogP contribution is -2.49. The molecular formula is C22H22FN3O3. The van der Waals surface area contributed by atoms with Gasteiger partial charge in [0.25, 0.3) is 0 Å². The predicted octanol–water partition coefficient (Wildman–Crippen LogP) is 3.14. The van der Waals surface area contributed by atoms with Crippen molar-refractivity contribution in [1.82, 2.24) is 15.0 Å². The average Bonchev–Trinajstić information content (AvgIpc) is 3.13. The maximum Gasteiger partial charge on any atom is 0.233 e. The highest BCUT2D eigenvalue weighted by molar-refractivity contribution is 5.79. The first kappa shape index (κ1) is 19.3. The Morgan fingerprint density at radius 3 is 2.72 bits per heavy atom. The highest BCUT2D eigenvalue weighted by Crippen LogP contribution is 2.26. The van der Waals surface area contributed by atoms with Crippen LogP contribution in [0.2, 0.25) is 0 Å². The van der Waals surface area contributed by atoms with E-state index < -0.39 is 0 Å². The van der Waals surface area contributed by atoms with Crippen LogP contribution >= 0.6 is 0 Å². The summed E-state index contributed by atoms with van der Waals surface area (Å²) in [5, 5.41) is 4.00. The molecule has 6 nitrogen and oxygen atoms in total. The molecule has 1 amide bonds. The molecule has 1 aromatic heterocycles. The van der Waals surface area contributed by atoms with Gasteiger partial charge in [0.15, 0.2) is 5.82 Å². The molecule has 2 heterocycles. The zero-order valence-corrected chi connectivity index (χ0v) is 16.0. The maximum atomic E-state index is 13.2. The van der Waals surface area contributed by atoms with Crippen LogP contribution in [0.3, 0.4) is 0 Å². The van der Waals surface area contributed by atoms with Gasteiger partial charge in [-0.1, -0.05) is 47.6 Å². The standard InChI is InChI=1S/C22H22FN3O3/c23-19-8-4-7-17(11-19)12-21(27)26-13-18(14-26)22-24-20(25-29-22)9-10-28-15-16-5-2-1-3-6-16/h1-8,11,18H,9-10,12-15H2. The molecule has 1 saturated heterocycles. The van der Waals surface area contributed by atoms with E-state index in [2.05, 4.69) is 10.1 Å². The van der Waals surface area contributed by atoms with Crippen LogP contribution in [-0.2, 0) is 29.0 Å². The van der Waals surface area contributed by atoms with Gasteiger partial charge in [0.2, 0.25) is 11.8 Å². The van der Waals surface area contributed by atoms with Gasteiger partial charge in [-0.05, 0) is 23.3 Å². The third kappa shape index (κ3) is 5.06. The highest BCUT2D eigenvalue weighted by Gasteiger charge is 2.35. The molecule has 0 spiro atoms. The smallest absolute Gasteiger partial charge is 0.233 e. The first-order chi connectivity index (χ1) is 14.2. The van der Waals surface area contributed by atoms with Crippen LogP contribution < -0.4 is 0 Å². The van der Waals surface area contributed by atoms with E-state index >= 15 is 0 Å². The number of benzene rings is 2. The number of carbonyl (C=O) groups excluding carboxylic acids is 1. The minimum absolute atomic E-state index is 0.0269. The van der Waals surface area contributed by atoms with Gasteiger partial charge in [0.1, 0.15) is 5.82 Å². The number of ether oxygens (including phenoxy) is 1. The number of aromatic nitrogens is 2. The molecule has 0 aliphatic carbocycles. The topological polar surface area (TPSA) is 68.5 Å². The number of hydrogen-bond acceptors (Lipinski definition) is 5. The molecule has 1 fully saturated rings. The fourth-order valence-corrected chi connectivity index (χ4v) is 3.23. The minimum Gasteiger partial charge on any atom is -0.376 e. The Balaban J connectivity index is 1.19. The molecule has 0 atom stereocenters. The normalized spacial score (nSPS) is 14.0. The maximum absolute atomic E-state index is 13.2. The second-order valence-electron chi connectivity index (χ2n) is 7.14. The Bertz CT molecular complexity index is 955. The lowest BCUT2D eigenvalue weighted by atomic mass is 9.99. The van der Waals surface area contributed by atoms with Gasteiger partial charge in [0.05, 0.1) is 25.6 Å². The quantitative estimate of drug-likeness (QED) is 0.548. The second-order valence-corrected chi connectivity index (χ2v) is 7.14. The van der Waals surface area contributed by atoms with E-state index in [9.17, 15) is 9.18 Å². The molecule has 0 N–H and O–H groups in total. The molecule has 0 radical (unpaired) electrons. The Labute approximate surface area is 168 Å². The van der Waals surface area contributed by atoms with E-state index in [0.29, 0.717) is 50.0 Å². The zero-order chi connectivity index (χ0) is 20.1. The minimum atomic E-state index is -0.331. The van der Waals surface area contributed by atoms with Gasteiger partial charge >= 0.3 is 0 Å². The summed E-state index contributed by atoms with van der Waals surface area (Å²) >= 11 is 0. The second kappa shape index (κ2) is 8.96. The van der Waals surface area contributed by atoms with Crippen molar-refractivity contribution in [3.05, 3.63) is 83.3 Å². The van der Waals surface area contributed by atoms with Gasteiger partial charge in [-0.2, -0.15) is 4.98 Å². The van der Waals surface area contributed by atoms with Crippen LogP contribution in [0, 0.1) is 5.82 Å². The van der Waals surface area contributed by atoms with Crippen LogP contribution in [0.15, 0.2) is 59.1 Å². The van der Waals surface area contributed by atoms with E-state index in [4.69, 9.17) is 9.26 Å². The lowest BCUT2D eigenvalue weighted by Gasteiger charge is -2.37. The summed E-state index contributed by atoms with van der Waals surface area (Å²) < 4.78 is 24.2. The summed E-state index contributed by atoms with van der Waals surface area (Å²) in [6, 6.07) is 16.1. The summed E-state index contributed by atoms with van der Waals surface area (Å²) in [6.07, 6.45) is 0.767. The number of amides is 1. The Hall–Kier alpha value is -3.06. The van der Waals surface area contributed by atoms with E-state index in [0.717, 1.165) is 5.56 Å². The first-order valence-corrected chi connectivity index (χ1v) is 9.64. The van der Waals surface area contributed by atoms with Crippen molar-refractivity contribution in [3.63, 3.8) is 0 Å². The van der Waals surface area contributed by atoms with Gasteiger partial charge < -0.3 is 14.2 Å². The van der Waals surface area contributed by atoms with Crippen molar-refractivity contribution >= 4 is 5.91 Å². The van der Waals surface area contributed by atoms with E-state index in [1.165, 1.54) is 12.1 Å². The van der Waals surface area contributed by atoms with Crippen LogP contribution in [0.4, 0.5) is 4.39 Å². The summed E-state index contributed by atoms with van der Waals surface area (Å²) in [4.78, 5) is 18.4. The summed E-state index contributed by atoms with van der Waals surface area (Å²) in [5.74, 6) is 0.859. The first-order valence-electron chi connectivity index (χ1n) is 9.64. The van der Waals surface area contributed by atoms with Crippen LogP contribution in [0.5, 0.6) is 0 Å². The van der Waals surface area contributed by atoms with Crippen molar-refractivity contribution in [2.75, 3.05) is 19.7 Å². The number of rotatable bonds is 8. The molecule has 7 heteroatoms. The Morgan fingerprint density at radius 2 is 1.93 bits per heavy atom. The van der Waals surface area contributed by atoms with Crippen LogP contribution in [0.1, 0.15) is 28.8 Å². The third-order valence-corrected chi connectivity index (χ3v) is 4.89. The van der Waals surface area contributed by atoms with Crippen molar-refractivity contribution in [1.29, 1.82) is 0 Å². The highest BCUT2D eigenvalue weighted by atomic mass is 19.1. The van der Waals surface area contributed by atoms with Gasteiger partial charge in [-0.15, -0.1) is 0 Å². The Morgan fingerprint density at radius 1 is 1.14 bits per heavy atom. The molecule has 0 saturated carbocycles. The monoisotopic (exact) mass is 395 g/mol. The average molecular weight is 395 g/mol. The molecule has 29 heavy (non-hydrogen) atoms. The SMILES string of the molecule is O=C(Cc1cccc(F)c1)N1CC(c2nc(CCOCc3ccccc3)no2)C1. The molecule has 0 unspecified atom stereocenters. The Kier molecular flexibility index (Phi) is 5.95. The third-order valence-electron chi connectivity index (χ3n) is 4.89. The number of hydrogen-bond donors (Lipinski definition) is 0. The van der Waals surface area contributed by atoms with Crippen molar-refractivity contribution in [2.24, 2.45) is 0 Å². The number of halogens is 1. The van der Waals surface area contributed by atoms with Crippen LogP contribution in [-0.4, -0.2) is 40.6 Å². The molecule has 1 aliphatic rings. The van der Waals surface area contributed by atoms with Crippen LogP contribution in [0.25, 0.3) is 0 Å². The molecular weight excluding hydrogens is 373 g/mol. The molecule has 1 aliphatic heterocycles. The lowest BCUT2D eigenvalue weighted by molar-refractivity contribution is -0.135. The summed E-state index contributed by atoms with van der Waals surface area (Å²) in [5.41, 5.74) is 1.80. The van der Waals surface area contributed by atoms with Gasteiger partial charge in [-0.25, -0.2) is 4.39 Å². The number of carbonyl (C=O) groups is 1. The summed E-state index contributed by atoms with van der Waals surface area (Å²) in [6.45, 7) is 2.15. The van der Waals surface area contributed by atoms with Crippen molar-refractivity contribution in [2.45, 2.75) is 25.4 Å². The number of nitrogens with zero attached hydrogens (tertiary/aromatic N) is 3. The number of likely N-dealkylation sites (tertiary alicyclic amines) is 1. The van der Waals surface area contributed by atoms with Gasteiger partial charge in [0, 0.05) is 19.5 Å². The molecule has 150 valence electrons. The summed E-state index contributed by atoms with van der Waals surface area (Å²) in [7, 11) is 0. The largest absolute Gasteiger partial charge is 0.376 e. The van der Waals surface area contributed by atoms with Crippen molar-refractivity contribution < 1.29 is 18.4 Å². The van der Waals surface area contributed by atoms with Gasteiger partial charge in [-0.3, -0.25) is 4.79 Å². The van der Waals surface area contributed by atoms with Crippen molar-refractivity contribution in [3.8, 4) is 0 Å². The van der Waals surface area contributed by atoms with E-state index in [1.54, 1.807) is 17.0 Å². The predicted molar refractivity (Wildman–Crippen MR) is 104 cm³/mol. The fraction of sp³-hybridized carbons (Fsp3) is 0.318. The fourth-order valence-electron chi connectivity index (χ4n) is 3.23. The molecule has 2 aromatic carbocycles.